The minimum absolute atomic E-state index is 0. The Kier molecular flexibility index (Phi) is 9.45. The maximum absolute atomic E-state index is 12.3. The molecule has 0 aliphatic rings. The van der Waals surface area contributed by atoms with Gasteiger partial charge in [0.25, 0.3) is 0 Å². The summed E-state index contributed by atoms with van der Waals surface area (Å²) in [5.74, 6) is -0.573. The number of hydrogen-bond donors (Lipinski definition) is 2. The van der Waals surface area contributed by atoms with Gasteiger partial charge in [0.2, 0.25) is 5.88 Å². The standard InChI is InChI=1S/C17H16F6N4O2.HI/c18-16(19,20)10-28-14-12(2-1-7-25-14)9-27-15(24)26-8-11-3-5-13(6-4-11)29-17(21,22)23;/h1-7H,8-10H2,(H3,24,26,27);1H. The highest BCUT2D eigenvalue weighted by Crippen LogP contribution is 2.23. The van der Waals surface area contributed by atoms with Crippen molar-refractivity contribution in [2.45, 2.75) is 25.6 Å². The molecular formula is C17H17F6IN4O2. The number of rotatable bonds is 7. The van der Waals surface area contributed by atoms with Gasteiger partial charge < -0.3 is 20.5 Å². The van der Waals surface area contributed by atoms with E-state index >= 15 is 0 Å². The molecule has 2 aromatic rings. The zero-order valence-electron chi connectivity index (χ0n) is 15.1. The number of aliphatic imine (C=N–C) groups is 1. The lowest BCUT2D eigenvalue weighted by atomic mass is 10.2. The summed E-state index contributed by atoms with van der Waals surface area (Å²) < 4.78 is 81.6. The molecule has 13 heteroatoms. The maximum atomic E-state index is 12.3. The van der Waals surface area contributed by atoms with Gasteiger partial charge in [-0.2, -0.15) is 13.2 Å². The first kappa shape index (κ1) is 25.6. The van der Waals surface area contributed by atoms with Crippen LogP contribution in [0.5, 0.6) is 11.6 Å². The quantitative estimate of drug-likeness (QED) is 0.235. The van der Waals surface area contributed by atoms with Crippen molar-refractivity contribution >= 4 is 29.9 Å². The third-order valence-corrected chi connectivity index (χ3v) is 3.27. The van der Waals surface area contributed by atoms with Crippen LogP contribution in [0.1, 0.15) is 11.1 Å². The summed E-state index contributed by atoms with van der Waals surface area (Å²) in [6, 6.07) is 8.10. The second-order valence-corrected chi connectivity index (χ2v) is 5.62. The summed E-state index contributed by atoms with van der Waals surface area (Å²) in [5.41, 5.74) is 6.61. The van der Waals surface area contributed by atoms with Gasteiger partial charge in [-0.1, -0.05) is 18.2 Å². The van der Waals surface area contributed by atoms with Gasteiger partial charge in [0.1, 0.15) is 5.75 Å². The van der Waals surface area contributed by atoms with Crippen LogP contribution in [-0.2, 0) is 13.1 Å². The van der Waals surface area contributed by atoms with Crippen molar-refractivity contribution in [2.24, 2.45) is 10.7 Å². The Labute approximate surface area is 184 Å². The maximum Gasteiger partial charge on any atom is 0.573 e. The molecule has 1 heterocycles. The number of nitrogens with zero attached hydrogens (tertiary/aromatic N) is 2. The van der Waals surface area contributed by atoms with E-state index in [-0.39, 0.29) is 54.7 Å². The highest BCUT2D eigenvalue weighted by Gasteiger charge is 2.31. The van der Waals surface area contributed by atoms with Crippen LogP contribution in [0.3, 0.4) is 0 Å². The molecule has 3 N–H and O–H groups in total. The van der Waals surface area contributed by atoms with Crippen molar-refractivity contribution in [2.75, 3.05) is 6.61 Å². The molecule has 0 unspecified atom stereocenters. The van der Waals surface area contributed by atoms with Gasteiger partial charge in [-0.05, 0) is 23.8 Å². The molecule has 0 fully saturated rings. The number of guanidine groups is 1. The predicted molar refractivity (Wildman–Crippen MR) is 106 cm³/mol. The molecule has 0 saturated heterocycles. The van der Waals surface area contributed by atoms with Crippen LogP contribution in [0, 0.1) is 0 Å². The summed E-state index contributed by atoms with van der Waals surface area (Å²) in [5, 5.41) is 2.70. The van der Waals surface area contributed by atoms with Crippen molar-refractivity contribution in [1.82, 2.24) is 10.3 Å². The van der Waals surface area contributed by atoms with Crippen molar-refractivity contribution in [3.63, 3.8) is 0 Å². The van der Waals surface area contributed by atoms with Crippen LogP contribution in [0.25, 0.3) is 0 Å². The van der Waals surface area contributed by atoms with Crippen molar-refractivity contribution in [1.29, 1.82) is 0 Å². The number of ether oxygens (including phenoxy) is 2. The predicted octanol–water partition coefficient (Wildman–Crippen LogP) is 4.14. The number of pyridine rings is 1. The van der Waals surface area contributed by atoms with Gasteiger partial charge in [0, 0.05) is 18.3 Å². The Morgan fingerprint density at radius 2 is 1.73 bits per heavy atom. The summed E-state index contributed by atoms with van der Waals surface area (Å²) in [6.45, 7) is -1.40. The van der Waals surface area contributed by atoms with E-state index in [1.165, 1.54) is 30.5 Å². The molecule has 0 aliphatic carbocycles. The molecular weight excluding hydrogens is 533 g/mol. The Morgan fingerprint density at radius 3 is 2.33 bits per heavy atom. The molecule has 0 atom stereocenters. The fourth-order valence-electron chi connectivity index (χ4n) is 2.05. The van der Waals surface area contributed by atoms with Gasteiger partial charge in [-0.25, -0.2) is 9.98 Å². The van der Waals surface area contributed by atoms with E-state index in [1.54, 1.807) is 0 Å². The molecule has 1 aromatic heterocycles. The largest absolute Gasteiger partial charge is 0.573 e. The van der Waals surface area contributed by atoms with Crippen LogP contribution in [-0.4, -0.2) is 30.1 Å². The topological polar surface area (TPSA) is 81.8 Å². The molecule has 166 valence electrons. The molecule has 6 nitrogen and oxygen atoms in total. The van der Waals surface area contributed by atoms with Crippen LogP contribution in [0.2, 0.25) is 0 Å². The first-order valence-corrected chi connectivity index (χ1v) is 8.04. The summed E-state index contributed by atoms with van der Waals surface area (Å²) in [4.78, 5) is 7.76. The lowest BCUT2D eigenvalue weighted by Gasteiger charge is -2.12. The molecule has 2 rings (SSSR count). The van der Waals surface area contributed by atoms with E-state index in [2.05, 4.69) is 24.8 Å². The first-order chi connectivity index (χ1) is 13.5. The molecule has 0 saturated carbocycles. The second kappa shape index (κ2) is 11.1. The Hall–Kier alpha value is -2.45. The fourth-order valence-corrected chi connectivity index (χ4v) is 2.05. The van der Waals surface area contributed by atoms with Crippen LogP contribution >= 0.6 is 24.0 Å². The normalized spacial score (nSPS) is 12.1. The van der Waals surface area contributed by atoms with E-state index in [9.17, 15) is 26.3 Å². The van der Waals surface area contributed by atoms with Crippen LogP contribution < -0.4 is 20.5 Å². The van der Waals surface area contributed by atoms with E-state index in [0.29, 0.717) is 11.1 Å². The Bertz CT molecular complexity index is 828. The van der Waals surface area contributed by atoms with Gasteiger partial charge in [-0.3, -0.25) is 0 Å². The van der Waals surface area contributed by atoms with Crippen LogP contribution in [0.15, 0.2) is 47.6 Å². The molecule has 0 aliphatic heterocycles. The zero-order chi connectivity index (χ0) is 21.5. The number of aromatic nitrogens is 1. The van der Waals surface area contributed by atoms with Crippen LogP contribution in [0.4, 0.5) is 26.3 Å². The van der Waals surface area contributed by atoms with Gasteiger partial charge in [-0.15, -0.1) is 37.1 Å². The number of hydrogen-bond acceptors (Lipinski definition) is 4. The number of nitrogens with one attached hydrogen (secondary N) is 1. The molecule has 0 spiro atoms. The number of benzene rings is 1. The van der Waals surface area contributed by atoms with Crippen molar-refractivity contribution < 1.29 is 35.8 Å². The minimum Gasteiger partial charge on any atom is -0.468 e. The lowest BCUT2D eigenvalue weighted by molar-refractivity contribution is -0.274. The lowest BCUT2D eigenvalue weighted by Crippen LogP contribution is -2.31. The van der Waals surface area contributed by atoms with Gasteiger partial charge in [0.05, 0.1) is 6.54 Å². The highest BCUT2D eigenvalue weighted by molar-refractivity contribution is 14.0. The fraction of sp³-hybridized carbons (Fsp3) is 0.294. The Balaban J connectivity index is 0.00000450. The van der Waals surface area contributed by atoms with E-state index < -0.39 is 19.1 Å². The number of nitrogens with two attached hydrogens (primary N) is 1. The van der Waals surface area contributed by atoms with Crippen molar-refractivity contribution in [3.05, 3.63) is 53.7 Å². The first-order valence-electron chi connectivity index (χ1n) is 8.04. The summed E-state index contributed by atoms with van der Waals surface area (Å²) in [6.07, 6.45) is -7.98. The zero-order valence-corrected chi connectivity index (χ0v) is 17.5. The molecule has 0 amide bonds. The average Bonchev–Trinajstić information content (AvgIpc) is 2.63. The Morgan fingerprint density at radius 1 is 1.07 bits per heavy atom. The summed E-state index contributed by atoms with van der Waals surface area (Å²) >= 11 is 0. The highest BCUT2D eigenvalue weighted by atomic mass is 127. The SMILES string of the molecule is I.NC(=NCc1ccc(OC(F)(F)F)cc1)NCc1cccnc1OCC(F)(F)F. The van der Waals surface area contributed by atoms with E-state index in [4.69, 9.17) is 5.73 Å². The third-order valence-electron chi connectivity index (χ3n) is 3.27. The smallest absolute Gasteiger partial charge is 0.468 e. The minimum atomic E-state index is -4.77. The number of alkyl halides is 6. The third kappa shape index (κ3) is 9.84. The average molecular weight is 550 g/mol. The van der Waals surface area contributed by atoms with Crippen molar-refractivity contribution in [3.8, 4) is 11.6 Å². The summed E-state index contributed by atoms with van der Waals surface area (Å²) in [7, 11) is 0. The molecule has 1 aromatic carbocycles. The van der Waals surface area contributed by atoms with E-state index in [1.807, 2.05) is 0 Å². The monoisotopic (exact) mass is 550 g/mol. The molecule has 30 heavy (non-hydrogen) atoms. The van der Waals surface area contributed by atoms with Gasteiger partial charge in [0.15, 0.2) is 12.6 Å². The molecule has 0 radical (unpaired) electrons. The van der Waals surface area contributed by atoms with E-state index in [0.717, 1.165) is 12.1 Å². The van der Waals surface area contributed by atoms with Gasteiger partial charge >= 0.3 is 12.5 Å². The number of halogens is 7. The molecule has 0 bridgehead atoms. The second-order valence-electron chi connectivity index (χ2n) is 5.62.